The zero-order valence-electron chi connectivity index (χ0n) is 35.3. The Morgan fingerprint density at radius 2 is 1.20 bits per heavy atom. The summed E-state index contributed by atoms with van der Waals surface area (Å²) in [5.41, 5.74) is 3.14. The summed E-state index contributed by atoms with van der Waals surface area (Å²) in [6.07, 6.45) is 0.495. The fourth-order valence-electron chi connectivity index (χ4n) is 8.03. The van der Waals surface area contributed by atoms with E-state index >= 15 is 0 Å². The summed E-state index contributed by atoms with van der Waals surface area (Å²) in [6.45, 7) is 0.0822. The molecule has 0 spiro atoms. The second kappa shape index (κ2) is 17.8. The Bertz CT molecular complexity index is 3350. The van der Waals surface area contributed by atoms with Crippen LogP contribution in [0.3, 0.4) is 0 Å². The van der Waals surface area contributed by atoms with Gasteiger partial charge < -0.3 is 50.2 Å². The van der Waals surface area contributed by atoms with Gasteiger partial charge in [-0.3, -0.25) is 14.4 Å². The van der Waals surface area contributed by atoms with Crippen LogP contribution in [0.1, 0.15) is 60.7 Å². The normalized spacial score (nSPS) is 11.7. The summed E-state index contributed by atoms with van der Waals surface area (Å²) >= 11 is 0. The van der Waals surface area contributed by atoms with E-state index in [0.717, 1.165) is 5.69 Å². The van der Waals surface area contributed by atoms with E-state index in [4.69, 9.17) is 14.2 Å². The first-order valence-electron chi connectivity index (χ1n) is 20.6. The number of carboxylic acids is 3. The lowest BCUT2D eigenvalue weighted by Crippen LogP contribution is -2.41. The van der Waals surface area contributed by atoms with Crippen LogP contribution in [0.25, 0.3) is 66.8 Å². The Hall–Kier alpha value is -8.79. The largest absolute Gasteiger partial charge is 0.508 e. The second-order valence-electron chi connectivity index (χ2n) is 15.8. The van der Waals surface area contributed by atoms with Gasteiger partial charge in [-0.05, 0) is 103 Å². The molecule has 2 aliphatic heterocycles. The molecule has 4 aromatic rings. The van der Waals surface area contributed by atoms with E-state index in [1.807, 2.05) is 31.1 Å². The van der Waals surface area contributed by atoms with Crippen molar-refractivity contribution in [2.75, 3.05) is 25.5 Å². The molecule has 2 heterocycles. The van der Waals surface area contributed by atoms with Crippen molar-refractivity contribution in [1.29, 1.82) is 5.41 Å². The summed E-state index contributed by atoms with van der Waals surface area (Å²) in [4.78, 5) is 78.5. The van der Waals surface area contributed by atoms with Crippen molar-refractivity contribution in [3.05, 3.63) is 147 Å². The highest BCUT2D eigenvalue weighted by molar-refractivity contribution is 6.11. The summed E-state index contributed by atoms with van der Waals surface area (Å²) in [5.74, 6) is -4.94. The first-order valence-corrected chi connectivity index (χ1v) is 20.6. The number of carbonyl (C=O) groups excluding carboxylic acids is 2. The standard InChI is InChI=1S/C50H40N4O12/c1-54(2)28-9-15-34-41(22-28)65-40-21-27(51)8-14-33(40)44(34)32-13-7-26(20-38(32)49(61)62)47(58)53-39(50(63)64)5-3-4-18-52-46(57)25-6-12-31(37(19-25)48(59)60)45-35-16-10-29(55)23-42(35)66-43-24-30(56)11-17-36(43)45/h6-17,19-24,39,51,55H,3-5,18H2,1-2H3,(H,52,57)(H,53,58)(H,59,60)(H,61,62)(H,63,64). The van der Waals surface area contributed by atoms with Crippen LogP contribution < -0.4 is 26.3 Å². The zero-order valence-corrected chi connectivity index (χ0v) is 35.3. The number of anilines is 1. The van der Waals surface area contributed by atoms with Crippen molar-refractivity contribution < 1.29 is 53.2 Å². The van der Waals surface area contributed by atoms with E-state index in [9.17, 15) is 49.2 Å². The number of aromatic carboxylic acids is 2. The van der Waals surface area contributed by atoms with Crippen LogP contribution in [0.15, 0.2) is 123 Å². The van der Waals surface area contributed by atoms with Gasteiger partial charge >= 0.3 is 17.9 Å². The lowest BCUT2D eigenvalue weighted by atomic mass is 9.89. The molecule has 1 unspecified atom stereocenters. The van der Waals surface area contributed by atoms with Crippen molar-refractivity contribution in [2.45, 2.75) is 25.3 Å². The Morgan fingerprint density at radius 3 is 1.80 bits per heavy atom. The highest BCUT2D eigenvalue weighted by Gasteiger charge is 2.27. The van der Waals surface area contributed by atoms with Gasteiger partial charge in [0.2, 0.25) is 0 Å². The molecule has 0 bridgehead atoms. The van der Waals surface area contributed by atoms with Crippen molar-refractivity contribution in [3.8, 4) is 50.7 Å². The zero-order chi connectivity index (χ0) is 47.0. The minimum atomic E-state index is -1.36. The molecule has 16 heteroatoms. The quantitative estimate of drug-likeness (QED) is 0.0412. The van der Waals surface area contributed by atoms with Crippen LogP contribution in [0.2, 0.25) is 0 Å². The second-order valence-corrected chi connectivity index (χ2v) is 15.8. The van der Waals surface area contributed by atoms with Gasteiger partial charge in [-0.1, -0.05) is 12.1 Å². The number of carbonyl (C=O) groups is 5. The Morgan fingerprint density at radius 1 is 0.636 bits per heavy atom. The predicted molar refractivity (Wildman–Crippen MR) is 244 cm³/mol. The molecular formula is C50H40N4O12. The number of nitrogens with one attached hydrogen (secondary N) is 3. The van der Waals surface area contributed by atoms with Crippen LogP contribution >= 0.6 is 0 Å². The van der Waals surface area contributed by atoms with Crippen molar-refractivity contribution in [2.24, 2.45) is 0 Å². The topological polar surface area (TPSA) is 261 Å². The predicted octanol–water partition coefficient (Wildman–Crippen LogP) is 7.51. The molecule has 0 saturated heterocycles. The SMILES string of the molecule is CN(C)c1ccc2c(-c3ccc(C(=O)NC(CCCCNC(=O)c4ccc(-c5c6ccc(=O)cc-6oc6cc(O)ccc56)c(C(=O)O)c4)C(=O)O)cc3C(=O)O)c3ccc(=N)cc-3oc2c1. The summed E-state index contributed by atoms with van der Waals surface area (Å²) in [5, 5.41) is 55.4. The van der Waals surface area contributed by atoms with E-state index in [0.29, 0.717) is 44.4 Å². The number of phenols is 1. The maximum atomic E-state index is 13.5. The first kappa shape index (κ1) is 43.8. The molecule has 2 amide bonds. The lowest BCUT2D eigenvalue weighted by Gasteiger charge is -2.19. The van der Waals surface area contributed by atoms with Gasteiger partial charge in [-0.25, -0.2) is 14.4 Å². The first-order chi connectivity index (χ1) is 31.6. The average Bonchev–Trinajstić information content (AvgIpc) is 3.28. The summed E-state index contributed by atoms with van der Waals surface area (Å²) < 4.78 is 12.0. The van der Waals surface area contributed by atoms with Crippen LogP contribution in [-0.4, -0.2) is 76.8 Å². The lowest BCUT2D eigenvalue weighted by molar-refractivity contribution is -0.139. The number of unbranched alkanes of at least 4 members (excludes halogenated alkanes) is 1. The molecule has 0 fully saturated rings. The summed E-state index contributed by atoms with van der Waals surface area (Å²) in [6, 6.07) is 25.6. The van der Waals surface area contributed by atoms with Crippen molar-refractivity contribution >= 4 is 57.3 Å². The third-order valence-electron chi connectivity index (χ3n) is 11.3. The number of hydrogen-bond donors (Lipinski definition) is 7. The number of benzene rings is 6. The van der Waals surface area contributed by atoms with Crippen LogP contribution in [0.5, 0.6) is 5.75 Å². The van der Waals surface area contributed by atoms with Gasteiger partial charge in [0.25, 0.3) is 11.8 Å². The minimum absolute atomic E-state index is 0.0338. The number of carboxylic acid groups (broad SMARTS) is 3. The number of nitrogens with zero attached hydrogens (tertiary/aromatic N) is 1. The molecule has 1 atom stereocenters. The number of aliphatic carboxylic acids is 1. The molecule has 4 aliphatic rings. The molecule has 0 saturated carbocycles. The molecule has 0 radical (unpaired) electrons. The number of hydrogen-bond acceptors (Lipinski definition) is 11. The van der Waals surface area contributed by atoms with Gasteiger partial charge in [0.1, 0.15) is 34.5 Å². The van der Waals surface area contributed by atoms with E-state index in [-0.39, 0.29) is 87.1 Å². The number of amides is 2. The van der Waals surface area contributed by atoms with Crippen LogP contribution in [0, 0.1) is 5.41 Å². The monoisotopic (exact) mass is 888 g/mol. The van der Waals surface area contributed by atoms with Gasteiger partial charge in [0, 0.05) is 94.7 Å². The van der Waals surface area contributed by atoms with Gasteiger partial charge in [0.15, 0.2) is 5.43 Å². The minimum Gasteiger partial charge on any atom is -0.508 e. The molecule has 8 rings (SSSR count). The molecule has 7 N–H and O–H groups in total. The smallest absolute Gasteiger partial charge is 0.336 e. The third-order valence-corrected chi connectivity index (χ3v) is 11.3. The Balaban J connectivity index is 0.953. The van der Waals surface area contributed by atoms with Gasteiger partial charge in [-0.2, -0.15) is 0 Å². The van der Waals surface area contributed by atoms with Crippen LogP contribution in [0.4, 0.5) is 5.69 Å². The van der Waals surface area contributed by atoms with Crippen molar-refractivity contribution in [1.82, 2.24) is 10.6 Å². The maximum absolute atomic E-state index is 13.5. The van der Waals surface area contributed by atoms with E-state index in [1.54, 1.807) is 24.3 Å². The number of rotatable bonds is 14. The van der Waals surface area contributed by atoms with E-state index < -0.39 is 35.8 Å². The summed E-state index contributed by atoms with van der Waals surface area (Å²) in [7, 11) is 3.73. The Labute approximate surface area is 374 Å². The molecular weight excluding hydrogens is 849 g/mol. The van der Waals surface area contributed by atoms with Gasteiger partial charge in [-0.15, -0.1) is 0 Å². The maximum Gasteiger partial charge on any atom is 0.336 e. The van der Waals surface area contributed by atoms with E-state index in [1.165, 1.54) is 72.8 Å². The fraction of sp³-hybridized carbons (Fsp3) is 0.140. The third kappa shape index (κ3) is 8.62. The number of fused-ring (bicyclic) bond motifs is 4. The molecule has 0 aromatic heterocycles. The molecule has 332 valence electrons. The van der Waals surface area contributed by atoms with Crippen LogP contribution in [-0.2, 0) is 4.79 Å². The van der Waals surface area contributed by atoms with E-state index in [2.05, 4.69) is 10.6 Å². The van der Waals surface area contributed by atoms with Gasteiger partial charge in [0.05, 0.1) is 16.5 Å². The highest BCUT2D eigenvalue weighted by atomic mass is 16.4. The molecule has 66 heavy (non-hydrogen) atoms. The fourth-order valence-corrected chi connectivity index (χ4v) is 8.03. The van der Waals surface area contributed by atoms with Crippen molar-refractivity contribution in [3.63, 3.8) is 0 Å². The molecule has 2 aliphatic carbocycles. The highest BCUT2D eigenvalue weighted by Crippen LogP contribution is 2.44. The molecule has 4 aromatic carbocycles. The average molecular weight is 889 g/mol. The molecule has 16 nitrogen and oxygen atoms in total. The number of phenolic OH excluding ortho intramolecular Hbond substituents is 1. The number of aromatic hydroxyl groups is 1. The Kier molecular flexibility index (Phi) is 11.8.